The first-order chi connectivity index (χ1) is 9.70. The average Bonchev–Trinajstić information content (AvgIpc) is 2.85. The van der Waals surface area contributed by atoms with E-state index in [-0.39, 0.29) is 30.6 Å². The molecule has 0 aliphatic carbocycles. The van der Waals surface area contributed by atoms with Gasteiger partial charge in [-0.05, 0) is 24.3 Å². The molecule has 0 radical (unpaired) electrons. The fourth-order valence-corrected chi connectivity index (χ4v) is 4.08. The normalized spacial score (nSPS) is 11.3. The Morgan fingerprint density at radius 1 is 1.19 bits per heavy atom. The number of anilines is 1. The number of carbonyl (C=O) groups is 1. The Hall–Kier alpha value is -1.48. The Kier molecular flexibility index (Phi) is 4.33. The number of halogens is 2. The van der Waals surface area contributed by atoms with Gasteiger partial charge in [0.1, 0.15) is 9.09 Å². The summed E-state index contributed by atoms with van der Waals surface area (Å²) in [6.07, 6.45) is 0. The Morgan fingerprint density at radius 2 is 1.76 bits per heavy atom. The number of phenolic OH excluding ortho intramolecular Hbond substituents is 1. The number of carboxylic acids is 1. The average molecular weight is 368 g/mol. The van der Waals surface area contributed by atoms with Crippen molar-refractivity contribution in [3.8, 4) is 5.75 Å². The van der Waals surface area contributed by atoms with Crippen LogP contribution < -0.4 is 4.72 Å². The molecule has 0 amide bonds. The maximum absolute atomic E-state index is 12.1. The van der Waals surface area contributed by atoms with Crippen LogP contribution in [0.2, 0.25) is 10.0 Å². The summed E-state index contributed by atoms with van der Waals surface area (Å²) in [5.41, 5.74) is 0.0491. The lowest BCUT2D eigenvalue weighted by Gasteiger charge is -2.08. The molecular weight excluding hydrogens is 361 g/mol. The molecule has 1 aromatic heterocycles. The number of sulfonamides is 1. The van der Waals surface area contributed by atoms with Crippen molar-refractivity contribution in [3.63, 3.8) is 0 Å². The number of phenols is 1. The topological polar surface area (TPSA) is 104 Å². The van der Waals surface area contributed by atoms with Gasteiger partial charge in [-0.2, -0.15) is 0 Å². The minimum absolute atomic E-state index is 0.0491. The largest absolute Gasteiger partial charge is 0.505 e. The molecule has 2 rings (SSSR count). The van der Waals surface area contributed by atoms with E-state index in [4.69, 9.17) is 28.3 Å². The second-order valence-electron chi connectivity index (χ2n) is 3.82. The Bertz CT molecular complexity index is 793. The first kappa shape index (κ1) is 15.9. The van der Waals surface area contributed by atoms with E-state index < -0.39 is 16.0 Å². The van der Waals surface area contributed by atoms with Gasteiger partial charge in [-0.3, -0.25) is 4.72 Å². The van der Waals surface area contributed by atoms with E-state index in [1.54, 1.807) is 0 Å². The van der Waals surface area contributed by atoms with Crippen molar-refractivity contribution in [1.82, 2.24) is 0 Å². The third-order valence-corrected chi connectivity index (χ3v) is 5.85. The molecule has 0 bridgehead atoms. The quantitative estimate of drug-likeness (QED) is 0.719. The zero-order chi connectivity index (χ0) is 15.8. The lowest BCUT2D eigenvalue weighted by molar-refractivity contribution is 0.0702. The van der Waals surface area contributed by atoms with Gasteiger partial charge in [-0.1, -0.05) is 23.2 Å². The van der Waals surface area contributed by atoms with Crippen LogP contribution in [0.4, 0.5) is 5.69 Å². The molecule has 0 unspecified atom stereocenters. The van der Waals surface area contributed by atoms with Crippen LogP contribution in [-0.2, 0) is 10.0 Å². The molecule has 1 aromatic carbocycles. The van der Waals surface area contributed by atoms with E-state index in [0.717, 1.165) is 0 Å². The number of hydrogen-bond acceptors (Lipinski definition) is 5. The van der Waals surface area contributed by atoms with E-state index in [2.05, 4.69) is 4.72 Å². The summed E-state index contributed by atoms with van der Waals surface area (Å²) in [6, 6.07) is 4.75. The van der Waals surface area contributed by atoms with Gasteiger partial charge in [0.25, 0.3) is 10.0 Å². The highest BCUT2D eigenvalue weighted by molar-refractivity contribution is 7.94. The van der Waals surface area contributed by atoms with Crippen molar-refractivity contribution in [2.75, 3.05) is 4.72 Å². The van der Waals surface area contributed by atoms with Gasteiger partial charge in [-0.25, -0.2) is 13.2 Å². The van der Waals surface area contributed by atoms with Crippen molar-refractivity contribution in [2.45, 2.75) is 4.21 Å². The predicted molar refractivity (Wildman–Crippen MR) is 80.2 cm³/mol. The first-order valence-electron chi connectivity index (χ1n) is 5.24. The fraction of sp³-hybridized carbons (Fsp3) is 0. The fourth-order valence-electron chi connectivity index (χ4n) is 1.41. The molecule has 2 aromatic rings. The standard InChI is InChI=1S/C11H7Cl2NO5S2/c12-6-3-5(4-7(13)10(6)15)14-21(18,19)9-2-1-8(20-9)11(16)17/h1-4,14-15H,(H,16,17). The molecule has 6 nitrogen and oxygen atoms in total. The minimum atomic E-state index is -3.97. The second kappa shape index (κ2) is 5.72. The van der Waals surface area contributed by atoms with Crippen molar-refractivity contribution in [2.24, 2.45) is 0 Å². The molecule has 0 spiro atoms. The SMILES string of the molecule is O=C(O)c1ccc(S(=O)(=O)Nc2cc(Cl)c(O)c(Cl)c2)s1. The zero-order valence-corrected chi connectivity index (χ0v) is 13.1. The number of benzene rings is 1. The van der Waals surface area contributed by atoms with Crippen molar-refractivity contribution < 1.29 is 23.4 Å². The molecule has 21 heavy (non-hydrogen) atoms. The third-order valence-electron chi connectivity index (χ3n) is 2.33. The summed E-state index contributed by atoms with van der Waals surface area (Å²) in [5.74, 6) is -1.57. The van der Waals surface area contributed by atoms with E-state index in [1.165, 1.54) is 24.3 Å². The summed E-state index contributed by atoms with van der Waals surface area (Å²) < 4.78 is 26.2. The van der Waals surface area contributed by atoms with Gasteiger partial charge in [0.2, 0.25) is 0 Å². The third kappa shape index (κ3) is 3.41. The van der Waals surface area contributed by atoms with Crippen LogP contribution in [0.25, 0.3) is 0 Å². The molecule has 0 fully saturated rings. The molecule has 0 saturated heterocycles. The number of aromatic carboxylic acids is 1. The number of rotatable bonds is 4. The molecule has 10 heteroatoms. The smallest absolute Gasteiger partial charge is 0.345 e. The summed E-state index contributed by atoms with van der Waals surface area (Å²) in [4.78, 5) is 10.7. The van der Waals surface area contributed by atoms with E-state index in [9.17, 15) is 18.3 Å². The van der Waals surface area contributed by atoms with Crippen molar-refractivity contribution in [1.29, 1.82) is 0 Å². The van der Waals surface area contributed by atoms with Crippen molar-refractivity contribution in [3.05, 3.63) is 39.2 Å². The number of hydrogen-bond donors (Lipinski definition) is 3. The van der Waals surface area contributed by atoms with Gasteiger partial charge >= 0.3 is 5.97 Å². The lowest BCUT2D eigenvalue weighted by Crippen LogP contribution is -2.11. The molecule has 0 atom stereocenters. The van der Waals surface area contributed by atoms with Gasteiger partial charge in [-0.15, -0.1) is 11.3 Å². The highest BCUT2D eigenvalue weighted by atomic mass is 35.5. The minimum Gasteiger partial charge on any atom is -0.505 e. The van der Waals surface area contributed by atoms with Gasteiger partial charge < -0.3 is 10.2 Å². The second-order valence-corrected chi connectivity index (χ2v) is 7.63. The molecule has 0 aliphatic heterocycles. The molecule has 0 saturated carbocycles. The number of carboxylic acid groups (broad SMARTS) is 1. The summed E-state index contributed by atoms with van der Waals surface area (Å²) in [7, 11) is -3.97. The van der Waals surface area contributed by atoms with E-state index in [0.29, 0.717) is 11.3 Å². The van der Waals surface area contributed by atoms with E-state index in [1.807, 2.05) is 0 Å². The Balaban J connectivity index is 2.35. The van der Waals surface area contributed by atoms with Crippen LogP contribution in [0.1, 0.15) is 9.67 Å². The van der Waals surface area contributed by atoms with Crippen molar-refractivity contribution >= 4 is 56.2 Å². The van der Waals surface area contributed by atoms with Crippen LogP contribution in [-0.4, -0.2) is 24.6 Å². The van der Waals surface area contributed by atoms with Gasteiger partial charge in [0.05, 0.1) is 15.7 Å². The molecule has 0 aliphatic rings. The maximum Gasteiger partial charge on any atom is 0.345 e. The van der Waals surface area contributed by atoms with Crippen LogP contribution in [0.5, 0.6) is 5.75 Å². The van der Waals surface area contributed by atoms with E-state index >= 15 is 0 Å². The monoisotopic (exact) mass is 367 g/mol. The highest BCUT2D eigenvalue weighted by Gasteiger charge is 2.20. The maximum atomic E-state index is 12.1. The first-order valence-corrected chi connectivity index (χ1v) is 8.30. The molecule has 3 N–H and O–H groups in total. The van der Waals surface area contributed by atoms with Gasteiger partial charge in [0, 0.05) is 0 Å². The Labute approximate surface area is 133 Å². The number of aromatic hydroxyl groups is 1. The van der Waals surface area contributed by atoms with Crippen LogP contribution in [0.15, 0.2) is 28.5 Å². The lowest BCUT2D eigenvalue weighted by atomic mass is 10.3. The predicted octanol–water partition coefficient (Wildman–Crippen LogP) is 3.26. The summed E-state index contributed by atoms with van der Waals surface area (Å²) >= 11 is 12.0. The molecule has 1 heterocycles. The molecular formula is C11H7Cl2NO5S2. The van der Waals surface area contributed by atoms with Gasteiger partial charge in [0.15, 0.2) is 5.75 Å². The highest BCUT2D eigenvalue weighted by Crippen LogP contribution is 2.35. The zero-order valence-electron chi connectivity index (χ0n) is 10.0. The summed E-state index contributed by atoms with van der Waals surface area (Å²) in [6.45, 7) is 0. The molecule has 112 valence electrons. The number of nitrogens with one attached hydrogen (secondary N) is 1. The van der Waals surface area contributed by atoms with Crippen LogP contribution in [0.3, 0.4) is 0 Å². The van der Waals surface area contributed by atoms with Crippen LogP contribution >= 0.6 is 34.5 Å². The summed E-state index contributed by atoms with van der Waals surface area (Å²) in [5, 5.41) is 18.0. The number of thiophene rings is 1. The Morgan fingerprint density at radius 3 is 2.24 bits per heavy atom. The van der Waals surface area contributed by atoms with Crippen LogP contribution in [0, 0.1) is 0 Å².